The number of aryl methyl sites for hydroxylation is 1. The highest BCUT2D eigenvalue weighted by atomic mass is 16.5. The summed E-state index contributed by atoms with van der Waals surface area (Å²) in [4.78, 5) is 12.4. The first-order valence-corrected chi connectivity index (χ1v) is 10.7. The van der Waals surface area contributed by atoms with E-state index in [1.165, 1.54) is 0 Å². The van der Waals surface area contributed by atoms with Crippen molar-refractivity contribution in [2.75, 3.05) is 31.0 Å². The molecule has 168 valence electrons. The van der Waals surface area contributed by atoms with Crippen LogP contribution in [0.1, 0.15) is 18.4 Å². The number of nitrogens with zero attached hydrogens (tertiary/aromatic N) is 5. The van der Waals surface area contributed by atoms with Gasteiger partial charge >= 0.3 is 0 Å². The van der Waals surface area contributed by atoms with E-state index in [2.05, 4.69) is 31.8 Å². The lowest BCUT2D eigenvalue weighted by molar-refractivity contribution is 0.0904. The van der Waals surface area contributed by atoms with Crippen LogP contribution in [-0.4, -0.2) is 51.1 Å². The van der Waals surface area contributed by atoms with E-state index in [4.69, 9.17) is 14.5 Å². The number of fused-ring (bicyclic) bond motifs is 1. The largest absolute Gasteiger partial charge is 0.496 e. The van der Waals surface area contributed by atoms with Crippen LogP contribution < -0.4 is 15.4 Å². The molecule has 4 aromatic rings. The summed E-state index contributed by atoms with van der Waals surface area (Å²) in [5.41, 5.74) is 3.79. The lowest BCUT2D eigenvalue weighted by atomic mass is 10.1. The van der Waals surface area contributed by atoms with E-state index in [1.54, 1.807) is 24.2 Å². The van der Waals surface area contributed by atoms with Gasteiger partial charge in [0, 0.05) is 61.6 Å². The highest BCUT2D eigenvalue weighted by Gasteiger charge is 2.19. The summed E-state index contributed by atoms with van der Waals surface area (Å²) >= 11 is 0. The van der Waals surface area contributed by atoms with Crippen molar-refractivity contribution < 1.29 is 9.47 Å². The van der Waals surface area contributed by atoms with Gasteiger partial charge in [-0.1, -0.05) is 0 Å². The molecule has 0 bridgehead atoms. The summed E-state index contributed by atoms with van der Waals surface area (Å²) in [6.45, 7) is 1.41. The van der Waals surface area contributed by atoms with Gasteiger partial charge in [-0.15, -0.1) is 0 Å². The fourth-order valence-corrected chi connectivity index (χ4v) is 4.01. The molecular formula is C23H24N8O2. The highest BCUT2D eigenvalue weighted by molar-refractivity contribution is 5.93. The van der Waals surface area contributed by atoms with Crippen LogP contribution in [0.4, 0.5) is 17.5 Å². The number of nitrogens with one attached hydrogen (secondary N) is 3. The maximum absolute atomic E-state index is 9.53. The number of hydrogen-bond acceptors (Lipinski definition) is 8. The molecule has 1 saturated heterocycles. The van der Waals surface area contributed by atoms with Crippen LogP contribution in [0.15, 0.2) is 36.8 Å². The van der Waals surface area contributed by atoms with Gasteiger partial charge in [-0.3, -0.25) is 4.68 Å². The minimum atomic E-state index is 0.227. The first-order chi connectivity index (χ1) is 16.1. The van der Waals surface area contributed by atoms with Gasteiger partial charge in [-0.2, -0.15) is 20.3 Å². The fourth-order valence-electron chi connectivity index (χ4n) is 4.01. The number of benzene rings is 1. The van der Waals surface area contributed by atoms with Crippen LogP contribution in [0, 0.1) is 11.3 Å². The van der Waals surface area contributed by atoms with Crippen molar-refractivity contribution >= 4 is 28.5 Å². The first kappa shape index (κ1) is 20.8. The van der Waals surface area contributed by atoms with Crippen LogP contribution in [0.25, 0.3) is 22.2 Å². The Morgan fingerprint density at radius 2 is 2.12 bits per heavy atom. The van der Waals surface area contributed by atoms with Crippen LogP contribution in [0.3, 0.4) is 0 Å². The second-order valence-electron chi connectivity index (χ2n) is 7.91. The van der Waals surface area contributed by atoms with E-state index in [0.717, 1.165) is 29.7 Å². The molecule has 33 heavy (non-hydrogen) atoms. The van der Waals surface area contributed by atoms with Gasteiger partial charge in [0.15, 0.2) is 0 Å². The third-order valence-electron chi connectivity index (χ3n) is 5.69. The molecule has 0 saturated carbocycles. The molecule has 1 fully saturated rings. The number of methoxy groups -OCH3 is 1. The van der Waals surface area contributed by atoms with Gasteiger partial charge in [0.2, 0.25) is 5.95 Å². The molecule has 0 amide bonds. The van der Waals surface area contributed by atoms with Crippen molar-refractivity contribution in [1.82, 2.24) is 24.7 Å². The van der Waals surface area contributed by atoms with Crippen molar-refractivity contribution in [3.8, 4) is 22.9 Å². The van der Waals surface area contributed by atoms with E-state index in [-0.39, 0.29) is 6.04 Å². The van der Waals surface area contributed by atoms with E-state index < -0.39 is 0 Å². The van der Waals surface area contributed by atoms with Crippen molar-refractivity contribution in [1.29, 1.82) is 5.26 Å². The van der Waals surface area contributed by atoms with Gasteiger partial charge in [-0.05, 0) is 25.0 Å². The summed E-state index contributed by atoms with van der Waals surface area (Å²) in [6, 6.07) is 8.26. The third-order valence-corrected chi connectivity index (χ3v) is 5.69. The van der Waals surface area contributed by atoms with E-state index in [1.807, 2.05) is 31.4 Å². The topological polar surface area (TPSA) is 126 Å². The maximum Gasteiger partial charge on any atom is 0.231 e. The minimum Gasteiger partial charge on any atom is -0.496 e. The number of ether oxygens (including phenoxy) is 2. The predicted molar refractivity (Wildman–Crippen MR) is 125 cm³/mol. The van der Waals surface area contributed by atoms with Gasteiger partial charge in [0.1, 0.15) is 23.3 Å². The zero-order valence-electron chi connectivity index (χ0n) is 18.4. The molecule has 0 aliphatic carbocycles. The summed E-state index contributed by atoms with van der Waals surface area (Å²) < 4.78 is 12.8. The molecule has 3 N–H and O–H groups in total. The van der Waals surface area contributed by atoms with Gasteiger partial charge in [-0.25, -0.2) is 0 Å². The molecule has 10 nitrogen and oxygen atoms in total. The Morgan fingerprint density at radius 1 is 1.27 bits per heavy atom. The molecule has 10 heteroatoms. The van der Waals surface area contributed by atoms with E-state index in [9.17, 15) is 5.26 Å². The summed E-state index contributed by atoms with van der Waals surface area (Å²) in [6.07, 6.45) is 7.16. The predicted octanol–water partition coefficient (Wildman–Crippen LogP) is 3.57. The fraction of sp³-hybridized carbons (Fsp3) is 0.304. The number of nitriles is 1. The maximum atomic E-state index is 9.53. The normalized spacial score (nSPS) is 14.2. The minimum absolute atomic E-state index is 0.227. The van der Waals surface area contributed by atoms with Crippen molar-refractivity contribution in [3.05, 3.63) is 42.4 Å². The van der Waals surface area contributed by atoms with Gasteiger partial charge in [0.05, 0.1) is 24.3 Å². The molecule has 5 rings (SSSR count). The zero-order chi connectivity index (χ0) is 22.8. The summed E-state index contributed by atoms with van der Waals surface area (Å²) in [5.74, 6) is 1.76. The number of aromatic amines is 1. The monoisotopic (exact) mass is 444 g/mol. The van der Waals surface area contributed by atoms with Crippen molar-refractivity contribution in [2.45, 2.75) is 18.9 Å². The molecule has 1 aliphatic rings. The average molecular weight is 444 g/mol. The van der Waals surface area contributed by atoms with Crippen molar-refractivity contribution in [3.63, 3.8) is 0 Å². The molecule has 4 heterocycles. The Bertz CT molecular complexity index is 1330. The van der Waals surface area contributed by atoms with E-state index >= 15 is 0 Å². The average Bonchev–Trinajstić information content (AvgIpc) is 3.45. The SMILES string of the molecule is COc1cc(Nc2nc(NC3CCOCC3)c3c(C#N)c[nH]c3n2)ccc1-c1cnn(C)c1. The zero-order valence-corrected chi connectivity index (χ0v) is 18.4. The molecule has 0 unspecified atom stereocenters. The number of rotatable bonds is 6. The number of aromatic nitrogens is 5. The smallest absolute Gasteiger partial charge is 0.231 e. The molecule has 1 aliphatic heterocycles. The Balaban J connectivity index is 1.48. The number of hydrogen-bond donors (Lipinski definition) is 3. The first-order valence-electron chi connectivity index (χ1n) is 10.7. The quantitative estimate of drug-likeness (QED) is 0.412. The standard InChI is InChI=1S/C23H24N8O2/c1-31-13-15(12-26-31)18-4-3-17(9-19(18)32-2)28-23-29-21-20(14(10-24)11-25-21)22(30-23)27-16-5-7-33-8-6-16/h3-4,9,11-13,16H,5-8H2,1-2H3,(H3,25,27,28,29,30). The molecule has 1 aromatic carbocycles. The van der Waals surface area contributed by atoms with Crippen LogP contribution in [0.2, 0.25) is 0 Å². The third kappa shape index (κ3) is 4.18. The molecular weight excluding hydrogens is 420 g/mol. The summed E-state index contributed by atoms with van der Waals surface area (Å²) in [5, 5.41) is 21.2. The highest BCUT2D eigenvalue weighted by Crippen LogP contribution is 2.34. The second kappa shape index (κ2) is 8.80. The van der Waals surface area contributed by atoms with Crippen LogP contribution in [0.5, 0.6) is 5.75 Å². The number of H-pyrrole nitrogens is 1. The number of anilines is 3. The molecule has 0 radical (unpaired) electrons. The molecule has 0 spiro atoms. The van der Waals surface area contributed by atoms with Gasteiger partial charge < -0.3 is 25.1 Å². The van der Waals surface area contributed by atoms with Crippen LogP contribution in [-0.2, 0) is 11.8 Å². The lowest BCUT2D eigenvalue weighted by Crippen LogP contribution is -2.28. The Hall–Kier alpha value is -4.10. The van der Waals surface area contributed by atoms with Gasteiger partial charge in [0.25, 0.3) is 0 Å². The lowest BCUT2D eigenvalue weighted by Gasteiger charge is -2.24. The second-order valence-corrected chi connectivity index (χ2v) is 7.91. The molecule has 0 atom stereocenters. The Labute approximate surface area is 190 Å². The van der Waals surface area contributed by atoms with Crippen molar-refractivity contribution in [2.24, 2.45) is 7.05 Å². The molecule has 3 aromatic heterocycles. The van der Waals surface area contributed by atoms with E-state index in [0.29, 0.717) is 47.3 Å². The summed E-state index contributed by atoms with van der Waals surface area (Å²) in [7, 11) is 3.52. The Morgan fingerprint density at radius 3 is 2.85 bits per heavy atom. The van der Waals surface area contributed by atoms with Crippen LogP contribution >= 0.6 is 0 Å². The Kier molecular flexibility index (Phi) is 5.54.